The molecule has 1 amide bonds. The summed E-state index contributed by atoms with van der Waals surface area (Å²) in [6.07, 6.45) is 0.684. The Morgan fingerprint density at radius 1 is 1.48 bits per heavy atom. The van der Waals surface area contributed by atoms with Crippen molar-refractivity contribution in [2.45, 2.75) is 19.8 Å². The molecule has 0 spiro atoms. The van der Waals surface area contributed by atoms with Crippen molar-refractivity contribution in [3.8, 4) is 0 Å². The number of likely N-dealkylation sites (tertiary alicyclic amines) is 1. The van der Waals surface area contributed by atoms with E-state index in [0.29, 0.717) is 30.6 Å². The largest absolute Gasteiger partial charge is 0.481 e. The molecular weight excluding hydrogens is 276 g/mol. The smallest absolute Gasteiger partial charge is 0.303 e. The first-order chi connectivity index (χ1) is 9.88. The normalized spacial score (nSPS) is 17.8. The molecule has 1 aromatic carbocycles. The molecule has 1 N–H and O–H groups in total. The van der Waals surface area contributed by atoms with Crippen LogP contribution in [0.3, 0.4) is 0 Å². The number of benzene rings is 1. The molecule has 1 saturated heterocycles. The van der Waals surface area contributed by atoms with E-state index in [1.807, 2.05) is 0 Å². The average molecular weight is 292 g/mol. The summed E-state index contributed by atoms with van der Waals surface area (Å²) in [6.45, 7) is 2.59. The number of nitrogens with zero attached hydrogens (tertiary/aromatic N) is 2. The Hall–Kier alpha value is -2.44. The van der Waals surface area contributed by atoms with Crippen molar-refractivity contribution in [1.29, 1.82) is 0 Å². The molecule has 1 aliphatic heterocycles. The minimum absolute atomic E-state index is 0.0394. The Balaban J connectivity index is 2.15. The Morgan fingerprint density at radius 2 is 2.19 bits per heavy atom. The van der Waals surface area contributed by atoms with E-state index in [9.17, 15) is 19.7 Å². The highest BCUT2D eigenvalue weighted by Gasteiger charge is 2.29. The summed E-state index contributed by atoms with van der Waals surface area (Å²) in [7, 11) is 0. The second-order valence-electron chi connectivity index (χ2n) is 5.26. The van der Waals surface area contributed by atoms with Gasteiger partial charge < -0.3 is 10.0 Å². The first-order valence-corrected chi connectivity index (χ1v) is 6.64. The number of nitro groups is 1. The van der Waals surface area contributed by atoms with E-state index in [0.717, 1.165) is 0 Å². The molecule has 1 aliphatic rings. The highest BCUT2D eigenvalue weighted by molar-refractivity contribution is 5.96. The van der Waals surface area contributed by atoms with Gasteiger partial charge in [-0.2, -0.15) is 0 Å². The third-order valence-corrected chi connectivity index (χ3v) is 3.70. The number of carbonyl (C=O) groups is 2. The molecule has 112 valence electrons. The van der Waals surface area contributed by atoms with Crippen LogP contribution in [0.25, 0.3) is 0 Å². The molecule has 0 aromatic heterocycles. The summed E-state index contributed by atoms with van der Waals surface area (Å²) in [5.41, 5.74) is 0.859. The zero-order valence-electron chi connectivity index (χ0n) is 11.6. The van der Waals surface area contributed by atoms with Crippen LogP contribution < -0.4 is 0 Å². The lowest BCUT2D eigenvalue weighted by Gasteiger charge is -2.17. The van der Waals surface area contributed by atoms with Crippen molar-refractivity contribution in [3.05, 3.63) is 39.4 Å². The molecule has 1 aromatic rings. The van der Waals surface area contributed by atoms with Crippen molar-refractivity contribution in [1.82, 2.24) is 4.90 Å². The maximum absolute atomic E-state index is 12.4. The van der Waals surface area contributed by atoms with Gasteiger partial charge >= 0.3 is 5.97 Å². The minimum Gasteiger partial charge on any atom is -0.481 e. The van der Waals surface area contributed by atoms with Gasteiger partial charge in [-0.1, -0.05) is 6.07 Å². The van der Waals surface area contributed by atoms with E-state index >= 15 is 0 Å². The first kappa shape index (κ1) is 15.0. The Labute approximate surface area is 121 Å². The third kappa shape index (κ3) is 3.36. The van der Waals surface area contributed by atoms with Gasteiger partial charge in [-0.15, -0.1) is 0 Å². The maximum Gasteiger partial charge on any atom is 0.303 e. The fraction of sp³-hybridized carbons (Fsp3) is 0.429. The molecule has 1 heterocycles. The van der Waals surface area contributed by atoms with E-state index in [1.165, 1.54) is 12.1 Å². The van der Waals surface area contributed by atoms with Gasteiger partial charge in [-0.05, 0) is 24.8 Å². The van der Waals surface area contributed by atoms with Gasteiger partial charge in [0.2, 0.25) is 0 Å². The maximum atomic E-state index is 12.4. The Morgan fingerprint density at radius 3 is 2.81 bits per heavy atom. The van der Waals surface area contributed by atoms with E-state index < -0.39 is 10.9 Å². The van der Waals surface area contributed by atoms with Crippen LogP contribution in [0.1, 0.15) is 28.8 Å². The van der Waals surface area contributed by atoms with Crippen molar-refractivity contribution < 1.29 is 19.6 Å². The highest BCUT2D eigenvalue weighted by Crippen LogP contribution is 2.24. The molecule has 2 rings (SSSR count). The summed E-state index contributed by atoms with van der Waals surface area (Å²) < 4.78 is 0. The van der Waals surface area contributed by atoms with Crippen molar-refractivity contribution >= 4 is 17.6 Å². The Bertz CT molecular complexity index is 599. The average Bonchev–Trinajstić information content (AvgIpc) is 2.85. The zero-order chi connectivity index (χ0) is 15.6. The SMILES string of the molecule is Cc1ccc([N+](=O)[O-])cc1C(=O)N1CCC(CC(=O)O)C1. The van der Waals surface area contributed by atoms with Gasteiger partial charge in [-0.3, -0.25) is 19.7 Å². The summed E-state index contributed by atoms with van der Waals surface area (Å²) in [6, 6.07) is 4.20. The summed E-state index contributed by atoms with van der Waals surface area (Å²) in [5, 5.41) is 19.6. The van der Waals surface area contributed by atoms with Gasteiger partial charge in [0.05, 0.1) is 4.92 Å². The van der Waals surface area contributed by atoms with Crippen LogP contribution in [0.2, 0.25) is 0 Å². The van der Waals surface area contributed by atoms with Crippen LogP contribution in [0.15, 0.2) is 18.2 Å². The Kier molecular flexibility index (Phi) is 4.21. The molecule has 21 heavy (non-hydrogen) atoms. The topological polar surface area (TPSA) is 101 Å². The number of amides is 1. The summed E-state index contributed by atoms with van der Waals surface area (Å²) in [4.78, 5) is 35.0. The number of aryl methyl sites for hydroxylation is 1. The molecule has 7 heteroatoms. The zero-order valence-corrected chi connectivity index (χ0v) is 11.6. The molecule has 0 aliphatic carbocycles. The van der Waals surface area contributed by atoms with Crippen LogP contribution in [-0.4, -0.2) is 39.9 Å². The van der Waals surface area contributed by atoms with Crippen LogP contribution in [0.5, 0.6) is 0 Å². The first-order valence-electron chi connectivity index (χ1n) is 6.64. The molecule has 1 unspecified atom stereocenters. The van der Waals surface area contributed by atoms with Crippen LogP contribution in [0, 0.1) is 23.0 Å². The van der Waals surface area contributed by atoms with Crippen LogP contribution in [-0.2, 0) is 4.79 Å². The standard InChI is InChI=1S/C14H16N2O5/c1-9-2-3-11(16(20)21)7-12(9)14(19)15-5-4-10(8-15)6-13(17)18/h2-3,7,10H,4-6,8H2,1H3,(H,17,18). The lowest BCUT2D eigenvalue weighted by Crippen LogP contribution is -2.29. The van der Waals surface area contributed by atoms with Gasteiger partial charge in [0.1, 0.15) is 0 Å². The number of rotatable bonds is 4. The van der Waals surface area contributed by atoms with E-state index in [-0.39, 0.29) is 23.9 Å². The van der Waals surface area contributed by atoms with Crippen LogP contribution in [0.4, 0.5) is 5.69 Å². The molecule has 0 bridgehead atoms. The van der Waals surface area contributed by atoms with Gasteiger partial charge in [0.15, 0.2) is 0 Å². The number of carbonyl (C=O) groups excluding carboxylic acids is 1. The number of hydrogen-bond donors (Lipinski definition) is 1. The molecule has 1 atom stereocenters. The molecule has 0 radical (unpaired) electrons. The predicted molar refractivity (Wildman–Crippen MR) is 74.1 cm³/mol. The molecular formula is C14H16N2O5. The summed E-state index contributed by atoms with van der Waals surface area (Å²) in [5.74, 6) is -1.20. The predicted octanol–water partition coefficient (Wildman–Crippen LogP) is 1.84. The van der Waals surface area contributed by atoms with Crippen molar-refractivity contribution in [2.24, 2.45) is 5.92 Å². The molecule has 0 saturated carbocycles. The van der Waals surface area contributed by atoms with Crippen molar-refractivity contribution in [2.75, 3.05) is 13.1 Å². The highest BCUT2D eigenvalue weighted by atomic mass is 16.6. The monoisotopic (exact) mass is 292 g/mol. The van der Waals surface area contributed by atoms with Crippen molar-refractivity contribution in [3.63, 3.8) is 0 Å². The van der Waals surface area contributed by atoms with E-state index in [1.54, 1.807) is 17.9 Å². The number of non-ortho nitro benzene ring substituents is 1. The number of carboxylic acids is 1. The minimum atomic E-state index is -0.874. The van der Waals surface area contributed by atoms with Crippen LogP contribution >= 0.6 is 0 Å². The fourth-order valence-electron chi connectivity index (χ4n) is 2.55. The van der Waals surface area contributed by atoms with E-state index in [4.69, 9.17) is 5.11 Å². The number of carboxylic acid groups (broad SMARTS) is 1. The number of hydrogen-bond acceptors (Lipinski definition) is 4. The quantitative estimate of drug-likeness (QED) is 0.674. The number of nitro benzene ring substituents is 1. The second-order valence-corrected chi connectivity index (χ2v) is 5.26. The lowest BCUT2D eigenvalue weighted by atomic mass is 10.1. The fourth-order valence-corrected chi connectivity index (χ4v) is 2.55. The van der Waals surface area contributed by atoms with E-state index in [2.05, 4.69) is 0 Å². The second kappa shape index (κ2) is 5.90. The lowest BCUT2D eigenvalue weighted by molar-refractivity contribution is -0.384. The van der Waals surface area contributed by atoms with Gasteiger partial charge in [0, 0.05) is 37.2 Å². The number of aliphatic carboxylic acids is 1. The molecule has 7 nitrogen and oxygen atoms in total. The van der Waals surface area contributed by atoms with Gasteiger partial charge in [0.25, 0.3) is 11.6 Å². The third-order valence-electron chi connectivity index (χ3n) is 3.70. The summed E-state index contributed by atoms with van der Waals surface area (Å²) >= 11 is 0. The van der Waals surface area contributed by atoms with Gasteiger partial charge in [-0.25, -0.2) is 0 Å². The molecule has 1 fully saturated rings.